The number of aromatic nitrogens is 3. The Morgan fingerprint density at radius 1 is 1.33 bits per heavy atom. The van der Waals surface area contributed by atoms with E-state index in [2.05, 4.69) is 10.2 Å². The van der Waals surface area contributed by atoms with Crippen LogP contribution in [0.3, 0.4) is 0 Å². The first-order valence-corrected chi connectivity index (χ1v) is 6.66. The summed E-state index contributed by atoms with van der Waals surface area (Å²) in [5.74, 6) is 1.08. The summed E-state index contributed by atoms with van der Waals surface area (Å²) in [7, 11) is 0. The summed E-state index contributed by atoms with van der Waals surface area (Å²) in [6.07, 6.45) is 0. The van der Waals surface area contributed by atoms with Gasteiger partial charge in [-0.05, 0) is 33.8 Å². The minimum Gasteiger partial charge on any atom is -0.324 e. The summed E-state index contributed by atoms with van der Waals surface area (Å²) in [6, 6.07) is 5.18. The van der Waals surface area contributed by atoms with Crippen molar-refractivity contribution < 1.29 is 4.92 Å². The van der Waals surface area contributed by atoms with Crippen LogP contribution in [0.15, 0.2) is 18.2 Å². The summed E-state index contributed by atoms with van der Waals surface area (Å²) in [6.45, 7) is 7.90. The molecule has 0 fully saturated rings. The van der Waals surface area contributed by atoms with E-state index in [1.54, 1.807) is 25.1 Å². The van der Waals surface area contributed by atoms with Crippen LogP contribution in [-0.2, 0) is 12.1 Å². The molecule has 2 rings (SSSR count). The van der Waals surface area contributed by atoms with E-state index >= 15 is 0 Å². The highest BCUT2D eigenvalue weighted by Gasteiger charge is 2.28. The van der Waals surface area contributed by atoms with Crippen molar-refractivity contribution in [3.05, 3.63) is 39.7 Å². The number of benzene rings is 1. The maximum absolute atomic E-state index is 11.4. The number of para-hydroxylation sites is 1. The van der Waals surface area contributed by atoms with Gasteiger partial charge in [0.1, 0.15) is 5.82 Å². The molecule has 0 radical (unpaired) electrons. The van der Waals surface area contributed by atoms with E-state index in [1.807, 2.05) is 25.3 Å². The van der Waals surface area contributed by atoms with Gasteiger partial charge in [0.2, 0.25) is 0 Å². The van der Waals surface area contributed by atoms with Crippen LogP contribution >= 0.6 is 0 Å². The standard InChI is InChI=1S/C14H19N5O2/c1-9-6-5-7-10(12(9)19(20)21)13-17-16-11(8-15)18(13)14(2,3)4/h5-7H,8,15H2,1-4H3. The van der Waals surface area contributed by atoms with Crippen LogP contribution < -0.4 is 5.73 Å². The van der Waals surface area contributed by atoms with E-state index in [-0.39, 0.29) is 22.7 Å². The van der Waals surface area contributed by atoms with Crippen LogP contribution in [0.2, 0.25) is 0 Å². The Bertz CT molecular complexity index is 685. The van der Waals surface area contributed by atoms with Crippen LogP contribution in [-0.4, -0.2) is 19.7 Å². The van der Waals surface area contributed by atoms with Crippen LogP contribution in [0.1, 0.15) is 32.2 Å². The quantitative estimate of drug-likeness (QED) is 0.690. The molecule has 1 heterocycles. The molecule has 21 heavy (non-hydrogen) atoms. The fraction of sp³-hybridized carbons (Fsp3) is 0.429. The van der Waals surface area contributed by atoms with E-state index in [0.29, 0.717) is 22.8 Å². The van der Waals surface area contributed by atoms with Crippen molar-refractivity contribution in [2.45, 2.75) is 39.8 Å². The van der Waals surface area contributed by atoms with Crippen molar-refractivity contribution >= 4 is 5.69 Å². The zero-order valence-corrected chi connectivity index (χ0v) is 12.6. The van der Waals surface area contributed by atoms with Crippen LogP contribution in [0.5, 0.6) is 0 Å². The molecule has 112 valence electrons. The van der Waals surface area contributed by atoms with Gasteiger partial charge in [0.15, 0.2) is 5.82 Å². The number of nitro groups is 1. The highest BCUT2D eigenvalue weighted by Crippen LogP contribution is 2.34. The molecule has 0 unspecified atom stereocenters. The molecule has 0 bridgehead atoms. The van der Waals surface area contributed by atoms with Crippen molar-refractivity contribution in [3.8, 4) is 11.4 Å². The fourth-order valence-electron chi connectivity index (χ4n) is 2.41. The van der Waals surface area contributed by atoms with Gasteiger partial charge in [0, 0.05) is 11.1 Å². The lowest BCUT2D eigenvalue weighted by Gasteiger charge is -2.24. The first-order chi connectivity index (χ1) is 9.77. The molecular weight excluding hydrogens is 270 g/mol. The molecule has 0 aliphatic carbocycles. The molecule has 0 atom stereocenters. The molecule has 7 heteroatoms. The highest BCUT2D eigenvalue weighted by atomic mass is 16.6. The molecule has 1 aromatic heterocycles. The summed E-state index contributed by atoms with van der Waals surface area (Å²) >= 11 is 0. The average Bonchev–Trinajstić information content (AvgIpc) is 2.81. The normalized spacial score (nSPS) is 11.7. The van der Waals surface area contributed by atoms with Gasteiger partial charge >= 0.3 is 0 Å². The fourth-order valence-corrected chi connectivity index (χ4v) is 2.41. The molecule has 1 aromatic carbocycles. The zero-order chi connectivity index (χ0) is 15.8. The van der Waals surface area contributed by atoms with E-state index in [9.17, 15) is 10.1 Å². The SMILES string of the molecule is Cc1cccc(-c2nnc(CN)n2C(C)(C)C)c1[N+](=O)[O-]. The molecule has 0 saturated heterocycles. The molecule has 2 N–H and O–H groups in total. The van der Waals surface area contributed by atoms with Gasteiger partial charge in [-0.25, -0.2) is 0 Å². The first kappa shape index (κ1) is 15.1. The Morgan fingerprint density at radius 2 is 2.00 bits per heavy atom. The Morgan fingerprint density at radius 3 is 2.52 bits per heavy atom. The lowest BCUT2D eigenvalue weighted by atomic mass is 10.0. The summed E-state index contributed by atoms with van der Waals surface area (Å²) in [5, 5.41) is 19.6. The van der Waals surface area contributed by atoms with E-state index < -0.39 is 0 Å². The van der Waals surface area contributed by atoms with Gasteiger partial charge in [0.05, 0.1) is 17.0 Å². The number of nitrogens with zero attached hydrogens (tertiary/aromatic N) is 4. The maximum atomic E-state index is 11.4. The number of aryl methyl sites for hydroxylation is 1. The van der Waals surface area contributed by atoms with Gasteiger partial charge < -0.3 is 10.3 Å². The summed E-state index contributed by atoms with van der Waals surface area (Å²) in [5.41, 5.74) is 6.49. The number of rotatable bonds is 3. The monoisotopic (exact) mass is 289 g/mol. The Kier molecular flexibility index (Phi) is 3.78. The molecule has 0 saturated carbocycles. The van der Waals surface area contributed by atoms with Crippen LogP contribution in [0.25, 0.3) is 11.4 Å². The van der Waals surface area contributed by atoms with Crippen molar-refractivity contribution in [2.75, 3.05) is 0 Å². The first-order valence-electron chi connectivity index (χ1n) is 6.66. The lowest BCUT2D eigenvalue weighted by Crippen LogP contribution is -2.26. The minimum absolute atomic E-state index is 0.0546. The molecule has 0 aliphatic heterocycles. The molecule has 0 spiro atoms. The van der Waals surface area contributed by atoms with Gasteiger partial charge in [-0.2, -0.15) is 0 Å². The number of nitrogens with two attached hydrogens (primary N) is 1. The highest BCUT2D eigenvalue weighted by molar-refractivity contribution is 5.71. The largest absolute Gasteiger partial charge is 0.324 e. The van der Waals surface area contributed by atoms with Crippen molar-refractivity contribution in [1.82, 2.24) is 14.8 Å². The van der Waals surface area contributed by atoms with E-state index in [1.165, 1.54) is 0 Å². The van der Waals surface area contributed by atoms with Crippen LogP contribution in [0.4, 0.5) is 5.69 Å². The van der Waals surface area contributed by atoms with E-state index in [0.717, 1.165) is 0 Å². The van der Waals surface area contributed by atoms with Gasteiger partial charge in [-0.3, -0.25) is 10.1 Å². The lowest BCUT2D eigenvalue weighted by molar-refractivity contribution is -0.384. The second-order valence-electron chi connectivity index (χ2n) is 5.88. The molecular formula is C14H19N5O2. The van der Waals surface area contributed by atoms with Crippen molar-refractivity contribution in [3.63, 3.8) is 0 Å². The van der Waals surface area contributed by atoms with E-state index in [4.69, 9.17) is 5.73 Å². The maximum Gasteiger partial charge on any atom is 0.283 e. The second-order valence-corrected chi connectivity index (χ2v) is 5.88. The molecule has 0 aliphatic rings. The number of hydrogen-bond acceptors (Lipinski definition) is 5. The number of nitro benzene ring substituents is 1. The summed E-state index contributed by atoms with van der Waals surface area (Å²) < 4.78 is 1.86. The smallest absolute Gasteiger partial charge is 0.283 e. The zero-order valence-electron chi connectivity index (χ0n) is 12.6. The third-order valence-corrected chi connectivity index (χ3v) is 3.24. The molecule has 2 aromatic rings. The third-order valence-electron chi connectivity index (χ3n) is 3.24. The van der Waals surface area contributed by atoms with Crippen molar-refractivity contribution in [2.24, 2.45) is 5.73 Å². The van der Waals surface area contributed by atoms with Crippen molar-refractivity contribution in [1.29, 1.82) is 0 Å². The number of hydrogen-bond donors (Lipinski definition) is 1. The average molecular weight is 289 g/mol. The Labute approximate surface area is 122 Å². The minimum atomic E-state index is -0.380. The van der Waals surface area contributed by atoms with Crippen LogP contribution in [0, 0.1) is 17.0 Å². The predicted molar refractivity (Wildman–Crippen MR) is 79.7 cm³/mol. The molecule has 0 amide bonds. The molecule has 7 nitrogen and oxygen atoms in total. The second kappa shape index (κ2) is 5.25. The predicted octanol–water partition coefficient (Wildman–Crippen LogP) is 2.38. The van der Waals surface area contributed by atoms with Gasteiger partial charge in [-0.15, -0.1) is 10.2 Å². The Balaban J connectivity index is 2.78. The topological polar surface area (TPSA) is 99.9 Å². The third kappa shape index (κ3) is 2.64. The van der Waals surface area contributed by atoms with Gasteiger partial charge in [-0.1, -0.05) is 12.1 Å². The summed E-state index contributed by atoms with van der Waals surface area (Å²) in [4.78, 5) is 11.0. The van der Waals surface area contributed by atoms with Gasteiger partial charge in [0.25, 0.3) is 5.69 Å². The Hall–Kier alpha value is -2.28.